The van der Waals surface area contributed by atoms with Crippen LogP contribution >= 0.6 is 0 Å². The Morgan fingerprint density at radius 3 is 2.59 bits per heavy atom. The van der Waals surface area contributed by atoms with Crippen molar-refractivity contribution in [2.75, 3.05) is 13.1 Å². The van der Waals surface area contributed by atoms with Gasteiger partial charge in [-0.25, -0.2) is 4.98 Å². The van der Waals surface area contributed by atoms with Gasteiger partial charge in [0.15, 0.2) is 0 Å². The second kappa shape index (κ2) is 4.23. The summed E-state index contributed by atoms with van der Waals surface area (Å²) in [5.74, 6) is 0.272. The lowest BCUT2D eigenvalue weighted by Gasteiger charge is -2.35. The van der Waals surface area contributed by atoms with Gasteiger partial charge in [-0.05, 0) is 12.1 Å². The summed E-state index contributed by atoms with van der Waals surface area (Å²) >= 11 is 0. The van der Waals surface area contributed by atoms with Gasteiger partial charge in [0.25, 0.3) is 0 Å². The van der Waals surface area contributed by atoms with Gasteiger partial charge in [0.05, 0.1) is 19.3 Å². The molecule has 0 radical (unpaired) electrons. The molecule has 1 amide bonds. The van der Waals surface area contributed by atoms with E-state index in [0.29, 0.717) is 19.5 Å². The van der Waals surface area contributed by atoms with E-state index in [1.54, 1.807) is 0 Å². The summed E-state index contributed by atoms with van der Waals surface area (Å²) in [6.07, 6.45) is -2.88. The third-order valence-electron chi connectivity index (χ3n) is 2.35. The van der Waals surface area contributed by atoms with Crippen molar-refractivity contribution in [3.63, 3.8) is 0 Å². The molecule has 2 heterocycles. The molecule has 1 aromatic rings. The fourth-order valence-electron chi connectivity index (χ4n) is 1.44. The van der Waals surface area contributed by atoms with E-state index in [-0.39, 0.29) is 11.9 Å². The number of nitrogens with zero attached hydrogens (tertiary/aromatic N) is 2. The highest BCUT2D eigenvalue weighted by Crippen LogP contribution is 2.28. The molecule has 1 aliphatic rings. The van der Waals surface area contributed by atoms with Crippen molar-refractivity contribution in [3.8, 4) is 5.75 Å². The Morgan fingerprint density at radius 1 is 1.41 bits per heavy atom. The molecule has 0 aliphatic carbocycles. The van der Waals surface area contributed by atoms with Crippen molar-refractivity contribution >= 4 is 6.41 Å². The zero-order chi connectivity index (χ0) is 12.5. The molecular weight excluding hydrogens is 237 g/mol. The number of carbonyl (C=O) groups excluding carboxylic acids is 1. The highest BCUT2D eigenvalue weighted by Gasteiger charge is 2.32. The molecule has 7 heteroatoms. The van der Waals surface area contributed by atoms with Crippen molar-refractivity contribution in [1.82, 2.24) is 9.88 Å². The zero-order valence-corrected chi connectivity index (χ0v) is 8.65. The van der Waals surface area contributed by atoms with E-state index in [4.69, 9.17) is 4.74 Å². The van der Waals surface area contributed by atoms with E-state index >= 15 is 0 Å². The van der Waals surface area contributed by atoms with Crippen molar-refractivity contribution in [2.24, 2.45) is 0 Å². The summed E-state index contributed by atoms with van der Waals surface area (Å²) in [5.41, 5.74) is -0.951. The summed E-state index contributed by atoms with van der Waals surface area (Å²) in [5, 5.41) is 0. The van der Waals surface area contributed by atoms with Crippen molar-refractivity contribution in [2.45, 2.75) is 12.3 Å². The van der Waals surface area contributed by atoms with Gasteiger partial charge in [-0.1, -0.05) is 0 Å². The minimum Gasteiger partial charge on any atom is -0.485 e. The molecule has 92 valence electrons. The van der Waals surface area contributed by atoms with Gasteiger partial charge in [-0.15, -0.1) is 0 Å². The smallest absolute Gasteiger partial charge is 0.433 e. The number of rotatable bonds is 3. The van der Waals surface area contributed by atoms with Crippen LogP contribution in [-0.2, 0) is 11.0 Å². The molecule has 0 spiro atoms. The predicted octanol–water partition coefficient (Wildman–Crippen LogP) is 1.32. The van der Waals surface area contributed by atoms with Gasteiger partial charge in [0.1, 0.15) is 17.5 Å². The average Bonchev–Trinajstić information content (AvgIpc) is 2.22. The Balaban J connectivity index is 1.93. The van der Waals surface area contributed by atoms with Gasteiger partial charge in [0.2, 0.25) is 6.41 Å². The highest BCUT2D eigenvalue weighted by molar-refractivity contribution is 5.49. The van der Waals surface area contributed by atoms with E-state index in [0.717, 1.165) is 12.3 Å². The lowest BCUT2D eigenvalue weighted by Crippen LogP contribution is -2.52. The largest absolute Gasteiger partial charge is 0.485 e. The molecule has 4 nitrogen and oxygen atoms in total. The van der Waals surface area contributed by atoms with Crippen LogP contribution in [-0.4, -0.2) is 35.5 Å². The predicted molar refractivity (Wildman–Crippen MR) is 51.3 cm³/mol. The van der Waals surface area contributed by atoms with Crippen molar-refractivity contribution in [1.29, 1.82) is 0 Å². The normalized spacial score (nSPS) is 16.5. The first-order chi connectivity index (χ1) is 7.99. The number of halogens is 3. The minimum absolute atomic E-state index is 0.168. The van der Waals surface area contributed by atoms with Gasteiger partial charge < -0.3 is 9.64 Å². The van der Waals surface area contributed by atoms with E-state index in [1.165, 1.54) is 11.0 Å². The first-order valence-electron chi connectivity index (χ1n) is 4.88. The second-order valence-corrected chi connectivity index (χ2v) is 3.68. The minimum atomic E-state index is -4.44. The number of aromatic nitrogens is 1. The first kappa shape index (κ1) is 11.7. The maximum atomic E-state index is 12.2. The third-order valence-corrected chi connectivity index (χ3v) is 2.35. The molecule has 0 N–H and O–H groups in total. The number of alkyl halides is 3. The van der Waals surface area contributed by atoms with E-state index in [1.807, 2.05) is 0 Å². The quantitative estimate of drug-likeness (QED) is 0.755. The van der Waals surface area contributed by atoms with Crippen LogP contribution in [0.1, 0.15) is 5.69 Å². The molecule has 0 bridgehead atoms. The Labute approximate surface area is 95.0 Å². The number of hydrogen-bond acceptors (Lipinski definition) is 3. The Hall–Kier alpha value is -1.79. The molecule has 0 saturated carbocycles. The zero-order valence-electron chi connectivity index (χ0n) is 8.65. The third kappa shape index (κ3) is 2.66. The summed E-state index contributed by atoms with van der Waals surface area (Å²) in [6.45, 7) is 0.898. The molecule has 17 heavy (non-hydrogen) atoms. The summed E-state index contributed by atoms with van der Waals surface area (Å²) in [7, 11) is 0. The van der Waals surface area contributed by atoms with Crippen LogP contribution < -0.4 is 4.74 Å². The van der Waals surface area contributed by atoms with E-state index in [2.05, 4.69) is 4.98 Å². The first-order valence-corrected chi connectivity index (χ1v) is 4.88. The van der Waals surface area contributed by atoms with Gasteiger partial charge >= 0.3 is 6.18 Å². The number of hydrogen-bond donors (Lipinski definition) is 0. The standard InChI is InChI=1S/C10H9F3N2O2/c11-10(12,13)9-2-1-7(3-14-9)17-8-4-15(5-8)6-16/h1-3,6,8H,4-5H2. The summed E-state index contributed by atoms with van der Waals surface area (Å²) < 4.78 is 41.9. The van der Waals surface area contributed by atoms with Gasteiger partial charge in [-0.3, -0.25) is 4.79 Å². The molecule has 1 aliphatic heterocycles. The lowest BCUT2D eigenvalue weighted by molar-refractivity contribution is -0.141. The molecule has 2 rings (SSSR count). The van der Waals surface area contributed by atoms with Crippen LogP contribution in [0.5, 0.6) is 5.75 Å². The molecular formula is C10H9F3N2O2. The fraction of sp³-hybridized carbons (Fsp3) is 0.400. The molecule has 0 atom stereocenters. The topological polar surface area (TPSA) is 42.4 Å². The second-order valence-electron chi connectivity index (χ2n) is 3.68. The Bertz CT molecular complexity index is 399. The number of pyridine rings is 1. The van der Waals surface area contributed by atoms with Gasteiger partial charge in [-0.2, -0.15) is 13.2 Å². The van der Waals surface area contributed by atoms with Crippen LogP contribution in [0.3, 0.4) is 0 Å². The SMILES string of the molecule is O=CN1CC(Oc2ccc(C(F)(F)F)nc2)C1. The summed E-state index contributed by atoms with van der Waals surface area (Å²) in [4.78, 5) is 15.0. The van der Waals surface area contributed by atoms with Crippen LogP contribution in [0.2, 0.25) is 0 Å². The number of amides is 1. The van der Waals surface area contributed by atoms with E-state index in [9.17, 15) is 18.0 Å². The van der Waals surface area contributed by atoms with E-state index < -0.39 is 11.9 Å². The highest BCUT2D eigenvalue weighted by atomic mass is 19.4. The van der Waals surface area contributed by atoms with Gasteiger partial charge in [0, 0.05) is 0 Å². The molecule has 1 aromatic heterocycles. The molecule has 0 unspecified atom stereocenters. The maximum absolute atomic E-state index is 12.2. The average molecular weight is 246 g/mol. The molecule has 0 aromatic carbocycles. The Morgan fingerprint density at radius 2 is 2.12 bits per heavy atom. The monoisotopic (exact) mass is 246 g/mol. The Kier molecular flexibility index (Phi) is 2.91. The number of carbonyl (C=O) groups is 1. The number of ether oxygens (including phenoxy) is 1. The van der Waals surface area contributed by atoms with Crippen molar-refractivity contribution < 1.29 is 22.7 Å². The maximum Gasteiger partial charge on any atom is 0.433 e. The van der Waals surface area contributed by atoms with Crippen molar-refractivity contribution in [3.05, 3.63) is 24.0 Å². The summed E-state index contributed by atoms with van der Waals surface area (Å²) in [6, 6.07) is 2.09. The van der Waals surface area contributed by atoms with Crippen LogP contribution in [0.15, 0.2) is 18.3 Å². The molecule has 1 fully saturated rings. The lowest BCUT2D eigenvalue weighted by atomic mass is 10.2. The fourth-order valence-corrected chi connectivity index (χ4v) is 1.44. The van der Waals surface area contributed by atoms with Crippen LogP contribution in [0.4, 0.5) is 13.2 Å². The van der Waals surface area contributed by atoms with Crippen LogP contribution in [0, 0.1) is 0 Å². The molecule has 1 saturated heterocycles. The van der Waals surface area contributed by atoms with Crippen LogP contribution in [0.25, 0.3) is 0 Å². The number of likely N-dealkylation sites (tertiary alicyclic amines) is 1.